The molecule has 0 saturated heterocycles. The lowest BCUT2D eigenvalue weighted by molar-refractivity contribution is -0.120. The standard InChI is InChI=1S/C28H27N3O3/c1-5-20-7-13-23(14-8-20)31-27(33)25(21-9-11-22(12-10-21)29-19(4)32)26(28(31)34)30-24-15-6-17(2)16-18(24)3/h6-16,30H,5H2,1-4H3,(H,29,32). The number of benzene rings is 3. The van der Waals surface area contributed by atoms with E-state index in [1.165, 1.54) is 11.8 Å². The van der Waals surface area contributed by atoms with Crippen molar-refractivity contribution in [2.24, 2.45) is 0 Å². The Morgan fingerprint density at radius 1 is 0.882 bits per heavy atom. The van der Waals surface area contributed by atoms with Gasteiger partial charge in [0.2, 0.25) is 5.91 Å². The van der Waals surface area contributed by atoms with Crippen molar-refractivity contribution in [1.82, 2.24) is 0 Å². The summed E-state index contributed by atoms with van der Waals surface area (Å²) < 4.78 is 0. The molecule has 0 fully saturated rings. The molecule has 0 aromatic heterocycles. The van der Waals surface area contributed by atoms with Gasteiger partial charge in [0.25, 0.3) is 11.8 Å². The highest BCUT2D eigenvalue weighted by atomic mass is 16.2. The minimum atomic E-state index is -0.407. The summed E-state index contributed by atoms with van der Waals surface area (Å²) in [6.07, 6.45) is 0.867. The number of hydrogen-bond acceptors (Lipinski definition) is 4. The van der Waals surface area contributed by atoms with Crippen LogP contribution in [0.15, 0.2) is 72.4 Å². The monoisotopic (exact) mass is 453 g/mol. The first-order valence-corrected chi connectivity index (χ1v) is 11.2. The summed E-state index contributed by atoms with van der Waals surface area (Å²) in [4.78, 5) is 39.8. The molecule has 3 aromatic carbocycles. The molecule has 0 saturated carbocycles. The molecule has 2 N–H and O–H groups in total. The lowest BCUT2D eigenvalue weighted by Crippen LogP contribution is -2.32. The minimum Gasteiger partial charge on any atom is -0.350 e. The van der Waals surface area contributed by atoms with Gasteiger partial charge in [-0.3, -0.25) is 14.4 Å². The summed E-state index contributed by atoms with van der Waals surface area (Å²) in [6, 6.07) is 20.2. The molecule has 0 spiro atoms. The van der Waals surface area contributed by atoms with E-state index in [0.29, 0.717) is 22.5 Å². The molecule has 0 aliphatic carbocycles. The van der Waals surface area contributed by atoms with Crippen molar-refractivity contribution in [2.75, 3.05) is 15.5 Å². The van der Waals surface area contributed by atoms with Gasteiger partial charge in [-0.05, 0) is 67.3 Å². The number of carbonyl (C=O) groups is 3. The van der Waals surface area contributed by atoms with Gasteiger partial charge in [0.1, 0.15) is 5.70 Å². The fraction of sp³-hybridized carbons (Fsp3) is 0.179. The van der Waals surface area contributed by atoms with E-state index < -0.39 is 11.8 Å². The van der Waals surface area contributed by atoms with Crippen LogP contribution in [0, 0.1) is 13.8 Å². The third-order valence-electron chi connectivity index (χ3n) is 5.82. The maximum Gasteiger partial charge on any atom is 0.282 e. The summed E-state index contributed by atoms with van der Waals surface area (Å²) in [7, 11) is 0. The molecule has 1 aliphatic rings. The Balaban J connectivity index is 1.78. The van der Waals surface area contributed by atoms with Crippen molar-refractivity contribution in [1.29, 1.82) is 0 Å². The largest absolute Gasteiger partial charge is 0.350 e. The number of amides is 3. The van der Waals surface area contributed by atoms with Crippen molar-refractivity contribution >= 4 is 40.4 Å². The molecule has 3 amide bonds. The number of imide groups is 1. The highest BCUT2D eigenvalue weighted by molar-refractivity contribution is 6.46. The highest BCUT2D eigenvalue weighted by Crippen LogP contribution is 2.35. The molecule has 1 heterocycles. The number of hydrogen-bond donors (Lipinski definition) is 2. The van der Waals surface area contributed by atoms with Gasteiger partial charge in [-0.1, -0.05) is 48.9 Å². The molecule has 172 valence electrons. The molecule has 6 heteroatoms. The van der Waals surface area contributed by atoms with Crippen molar-refractivity contribution in [3.8, 4) is 0 Å². The molecule has 6 nitrogen and oxygen atoms in total. The van der Waals surface area contributed by atoms with E-state index in [1.54, 1.807) is 36.4 Å². The van der Waals surface area contributed by atoms with Crippen LogP contribution < -0.4 is 15.5 Å². The summed E-state index contributed by atoms with van der Waals surface area (Å²) >= 11 is 0. The van der Waals surface area contributed by atoms with E-state index in [-0.39, 0.29) is 11.6 Å². The average Bonchev–Trinajstić information content (AvgIpc) is 3.05. The number of nitrogens with zero attached hydrogens (tertiary/aromatic N) is 1. The predicted octanol–water partition coefficient (Wildman–Crippen LogP) is 5.22. The Kier molecular flexibility index (Phi) is 6.32. The normalized spacial score (nSPS) is 13.5. The number of rotatable bonds is 6. The minimum absolute atomic E-state index is 0.182. The van der Waals surface area contributed by atoms with Gasteiger partial charge in [0.15, 0.2) is 0 Å². The van der Waals surface area contributed by atoms with Crippen LogP contribution >= 0.6 is 0 Å². The quantitative estimate of drug-likeness (QED) is 0.502. The van der Waals surface area contributed by atoms with Crippen molar-refractivity contribution in [2.45, 2.75) is 34.1 Å². The summed E-state index contributed by atoms with van der Waals surface area (Å²) in [5, 5.41) is 5.95. The van der Waals surface area contributed by atoms with Crippen LogP contribution in [0.2, 0.25) is 0 Å². The van der Waals surface area contributed by atoms with E-state index in [0.717, 1.165) is 28.8 Å². The SMILES string of the molecule is CCc1ccc(N2C(=O)C(Nc3ccc(C)cc3C)=C(c3ccc(NC(C)=O)cc3)C2=O)cc1. The predicted molar refractivity (Wildman–Crippen MR) is 136 cm³/mol. The van der Waals surface area contributed by atoms with E-state index >= 15 is 0 Å². The molecule has 0 radical (unpaired) electrons. The second-order valence-corrected chi connectivity index (χ2v) is 8.42. The topological polar surface area (TPSA) is 78.5 Å². The van der Waals surface area contributed by atoms with Gasteiger partial charge < -0.3 is 10.6 Å². The smallest absolute Gasteiger partial charge is 0.282 e. The van der Waals surface area contributed by atoms with Crippen LogP contribution in [0.5, 0.6) is 0 Å². The fourth-order valence-corrected chi connectivity index (χ4v) is 4.04. The lowest BCUT2D eigenvalue weighted by atomic mass is 10.0. The van der Waals surface area contributed by atoms with E-state index in [1.807, 2.05) is 44.2 Å². The Morgan fingerprint density at radius 2 is 1.56 bits per heavy atom. The van der Waals surface area contributed by atoms with Crippen LogP contribution in [0.3, 0.4) is 0 Å². The molecule has 0 bridgehead atoms. The van der Waals surface area contributed by atoms with E-state index in [2.05, 4.69) is 17.6 Å². The zero-order valence-electron chi connectivity index (χ0n) is 19.7. The van der Waals surface area contributed by atoms with Crippen LogP contribution in [-0.4, -0.2) is 17.7 Å². The Hall–Kier alpha value is -4.19. The number of nitrogens with one attached hydrogen (secondary N) is 2. The Labute approximate surface area is 199 Å². The molecular weight excluding hydrogens is 426 g/mol. The van der Waals surface area contributed by atoms with Crippen LogP contribution in [0.1, 0.15) is 36.1 Å². The fourth-order valence-electron chi connectivity index (χ4n) is 4.04. The van der Waals surface area contributed by atoms with Gasteiger partial charge in [-0.25, -0.2) is 4.90 Å². The second kappa shape index (κ2) is 9.35. The first-order valence-electron chi connectivity index (χ1n) is 11.2. The zero-order chi connectivity index (χ0) is 24.4. The van der Waals surface area contributed by atoms with Gasteiger partial charge in [-0.2, -0.15) is 0 Å². The average molecular weight is 454 g/mol. The summed E-state index contributed by atoms with van der Waals surface area (Å²) in [5.41, 5.74) is 6.21. The Morgan fingerprint density at radius 3 is 2.15 bits per heavy atom. The van der Waals surface area contributed by atoms with Gasteiger partial charge in [0.05, 0.1) is 11.3 Å². The van der Waals surface area contributed by atoms with Crippen molar-refractivity contribution in [3.63, 3.8) is 0 Å². The van der Waals surface area contributed by atoms with Gasteiger partial charge >= 0.3 is 0 Å². The molecule has 0 unspecified atom stereocenters. The van der Waals surface area contributed by atoms with Gasteiger partial charge in [0, 0.05) is 18.3 Å². The van der Waals surface area contributed by atoms with Crippen molar-refractivity contribution in [3.05, 3.63) is 94.7 Å². The van der Waals surface area contributed by atoms with Crippen LogP contribution in [0.25, 0.3) is 5.57 Å². The lowest BCUT2D eigenvalue weighted by Gasteiger charge is -2.16. The van der Waals surface area contributed by atoms with Crippen molar-refractivity contribution < 1.29 is 14.4 Å². The third-order valence-corrected chi connectivity index (χ3v) is 5.82. The first kappa shape index (κ1) is 23.0. The molecule has 4 rings (SSSR count). The molecule has 3 aromatic rings. The Bertz CT molecular complexity index is 1310. The van der Waals surface area contributed by atoms with E-state index in [9.17, 15) is 14.4 Å². The summed E-state index contributed by atoms with van der Waals surface area (Å²) in [5.74, 6) is -0.984. The van der Waals surface area contributed by atoms with Gasteiger partial charge in [-0.15, -0.1) is 0 Å². The molecule has 1 aliphatic heterocycles. The third kappa shape index (κ3) is 4.48. The number of aryl methyl sites for hydroxylation is 3. The maximum absolute atomic E-state index is 13.6. The first-order chi connectivity index (χ1) is 16.3. The van der Waals surface area contributed by atoms with Crippen LogP contribution in [-0.2, 0) is 20.8 Å². The highest BCUT2D eigenvalue weighted by Gasteiger charge is 2.40. The molecular formula is C28H27N3O3. The van der Waals surface area contributed by atoms with Crippen LogP contribution in [0.4, 0.5) is 17.1 Å². The van der Waals surface area contributed by atoms with E-state index in [4.69, 9.17) is 0 Å². The second-order valence-electron chi connectivity index (χ2n) is 8.42. The number of anilines is 3. The summed E-state index contributed by atoms with van der Waals surface area (Å²) in [6.45, 7) is 7.45. The molecule has 34 heavy (non-hydrogen) atoms. The number of carbonyl (C=O) groups excluding carboxylic acids is 3. The maximum atomic E-state index is 13.6. The zero-order valence-corrected chi connectivity index (χ0v) is 19.7. The molecule has 0 atom stereocenters.